The van der Waals surface area contributed by atoms with Crippen molar-refractivity contribution in [3.63, 3.8) is 0 Å². The van der Waals surface area contributed by atoms with Gasteiger partial charge < -0.3 is 14.4 Å². The van der Waals surface area contributed by atoms with Crippen LogP contribution in [0.1, 0.15) is 25.8 Å². The van der Waals surface area contributed by atoms with Crippen molar-refractivity contribution in [2.75, 3.05) is 31.7 Å². The van der Waals surface area contributed by atoms with E-state index in [1.54, 1.807) is 7.11 Å². The number of aromatic nitrogens is 6. The van der Waals surface area contributed by atoms with E-state index in [-0.39, 0.29) is 0 Å². The highest BCUT2D eigenvalue weighted by atomic mass is 16.5. The molecule has 3 aliphatic heterocycles. The molecule has 8 rings (SSSR count). The van der Waals surface area contributed by atoms with Gasteiger partial charge in [0.1, 0.15) is 11.6 Å². The molecule has 3 fully saturated rings. The predicted molar refractivity (Wildman–Crippen MR) is 149 cm³/mol. The van der Waals surface area contributed by atoms with E-state index >= 15 is 0 Å². The summed E-state index contributed by atoms with van der Waals surface area (Å²) >= 11 is 0. The number of nitrogens with one attached hydrogen (secondary N) is 1. The molecule has 0 aliphatic carbocycles. The number of rotatable bonds is 8. The highest BCUT2D eigenvalue weighted by Gasteiger charge is 2.44. The Kier molecular flexibility index (Phi) is 5.84. The molecule has 2 atom stereocenters. The number of anilines is 1. The summed E-state index contributed by atoms with van der Waals surface area (Å²) < 4.78 is 13.2. The standard InChI is InChI=1S/C29H32N8O2/c1-18(2)17-39-23-9-24(28-25-12-32-33-29(25)34-37(28)16-23)20-5-6-26(30-11-20)35-14-21-8-22(15-35)36(21)13-19-4-7-27(38-3)31-10-19/h4-7,9-12,16,18,21-22H,8,13-15,17H2,1-3H3,(H,33,34). The smallest absolute Gasteiger partial charge is 0.212 e. The Labute approximate surface area is 226 Å². The lowest BCUT2D eigenvalue weighted by molar-refractivity contribution is -0.00876. The number of aromatic amines is 1. The van der Waals surface area contributed by atoms with Crippen molar-refractivity contribution >= 4 is 22.4 Å². The lowest BCUT2D eigenvalue weighted by Gasteiger charge is -2.56. The van der Waals surface area contributed by atoms with Gasteiger partial charge in [0.15, 0.2) is 5.65 Å². The first kappa shape index (κ1) is 23.9. The van der Waals surface area contributed by atoms with Crippen LogP contribution in [0.2, 0.25) is 0 Å². The number of pyridine rings is 3. The molecule has 3 aliphatic rings. The van der Waals surface area contributed by atoms with Crippen LogP contribution in [-0.4, -0.2) is 73.6 Å². The van der Waals surface area contributed by atoms with Crippen molar-refractivity contribution < 1.29 is 9.47 Å². The summed E-state index contributed by atoms with van der Waals surface area (Å²) in [7, 11) is 1.65. The number of ether oxygens (including phenoxy) is 2. The molecule has 3 saturated heterocycles. The monoisotopic (exact) mass is 524 g/mol. The SMILES string of the molecule is COc1ccc(CN2C3CC2CN(c2ccc(-c4cc(OCC(C)C)cn5nc6[nH]ncc6c45)cn2)C3)cn1. The molecule has 8 heterocycles. The Morgan fingerprint density at radius 1 is 1.05 bits per heavy atom. The average molecular weight is 525 g/mol. The summed E-state index contributed by atoms with van der Waals surface area (Å²) in [6.07, 6.45) is 8.89. The molecule has 10 nitrogen and oxygen atoms in total. The Morgan fingerprint density at radius 2 is 1.92 bits per heavy atom. The van der Waals surface area contributed by atoms with Gasteiger partial charge in [-0.25, -0.2) is 14.5 Å². The average Bonchev–Trinajstić information content (AvgIpc) is 3.56. The normalized spacial score (nSPS) is 19.1. The van der Waals surface area contributed by atoms with Crippen molar-refractivity contribution in [2.45, 2.75) is 38.9 Å². The zero-order chi connectivity index (χ0) is 26.5. The van der Waals surface area contributed by atoms with Gasteiger partial charge in [0.2, 0.25) is 5.88 Å². The molecule has 5 aromatic heterocycles. The van der Waals surface area contributed by atoms with Crippen LogP contribution in [0.25, 0.3) is 27.7 Å². The number of hydrogen-bond acceptors (Lipinski definition) is 8. The first-order chi connectivity index (χ1) is 19.1. The maximum absolute atomic E-state index is 6.08. The quantitative estimate of drug-likeness (QED) is 0.323. The first-order valence-electron chi connectivity index (χ1n) is 13.5. The van der Waals surface area contributed by atoms with E-state index in [9.17, 15) is 0 Å². The van der Waals surface area contributed by atoms with Crippen LogP contribution in [0.4, 0.5) is 5.82 Å². The number of piperazine rings is 1. The third-order valence-corrected chi connectivity index (χ3v) is 7.78. The van der Waals surface area contributed by atoms with Crippen molar-refractivity contribution in [1.82, 2.24) is 34.7 Å². The number of piperidine rings is 1. The van der Waals surface area contributed by atoms with Crippen molar-refractivity contribution in [3.8, 4) is 22.8 Å². The van der Waals surface area contributed by atoms with E-state index in [1.807, 2.05) is 35.4 Å². The Bertz CT molecular complexity index is 1600. The summed E-state index contributed by atoms with van der Waals surface area (Å²) in [5, 5.41) is 12.8. The van der Waals surface area contributed by atoms with Crippen LogP contribution >= 0.6 is 0 Å². The van der Waals surface area contributed by atoms with Crippen molar-refractivity contribution in [3.05, 3.63) is 60.7 Å². The van der Waals surface area contributed by atoms with E-state index in [1.165, 1.54) is 12.0 Å². The third-order valence-electron chi connectivity index (χ3n) is 7.78. The molecule has 0 radical (unpaired) electrons. The summed E-state index contributed by atoms with van der Waals surface area (Å²) in [4.78, 5) is 14.3. The van der Waals surface area contributed by atoms with Gasteiger partial charge in [-0.15, -0.1) is 5.10 Å². The summed E-state index contributed by atoms with van der Waals surface area (Å²) in [6, 6.07) is 11.5. The van der Waals surface area contributed by atoms with Gasteiger partial charge >= 0.3 is 0 Å². The van der Waals surface area contributed by atoms with Crippen LogP contribution in [0.3, 0.4) is 0 Å². The maximum atomic E-state index is 6.08. The van der Waals surface area contributed by atoms with Crippen LogP contribution < -0.4 is 14.4 Å². The van der Waals surface area contributed by atoms with Crippen molar-refractivity contribution in [2.24, 2.45) is 5.92 Å². The molecule has 2 unspecified atom stereocenters. The fourth-order valence-electron chi connectivity index (χ4n) is 5.80. The summed E-state index contributed by atoms with van der Waals surface area (Å²) in [6.45, 7) is 7.81. The molecule has 10 heteroatoms. The minimum atomic E-state index is 0.432. The summed E-state index contributed by atoms with van der Waals surface area (Å²) in [5.74, 6) is 2.89. The molecule has 0 amide bonds. The van der Waals surface area contributed by atoms with Gasteiger partial charge in [0.05, 0.1) is 37.0 Å². The van der Waals surface area contributed by atoms with Gasteiger partial charge in [0, 0.05) is 61.3 Å². The molecule has 1 N–H and O–H groups in total. The van der Waals surface area contributed by atoms with Crippen molar-refractivity contribution in [1.29, 1.82) is 0 Å². The van der Waals surface area contributed by atoms with E-state index < -0.39 is 0 Å². The molecule has 5 aromatic rings. The number of nitrogens with zero attached hydrogens (tertiary/aromatic N) is 7. The molecular weight excluding hydrogens is 492 g/mol. The molecular formula is C29H32N8O2. The molecule has 200 valence electrons. The van der Waals surface area contributed by atoms with Gasteiger partial charge in [-0.05, 0) is 36.1 Å². The van der Waals surface area contributed by atoms with Gasteiger partial charge in [-0.3, -0.25) is 10.00 Å². The molecule has 0 saturated carbocycles. The lowest BCUT2D eigenvalue weighted by Crippen LogP contribution is -2.68. The number of methoxy groups -OCH3 is 1. The van der Waals surface area contributed by atoms with Gasteiger partial charge in [0.25, 0.3) is 0 Å². The zero-order valence-electron chi connectivity index (χ0n) is 22.4. The topological polar surface area (TPSA) is 96.7 Å². The van der Waals surface area contributed by atoms with Crippen LogP contribution in [0.15, 0.2) is 55.1 Å². The van der Waals surface area contributed by atoms with E-state index in [4.69, 9.17) is 14.5 Å². The molecule has 39 heavy (non-hydrogen) atoms. The largest absolute Gasteiger partial charge is 0.492 e. The summed E-state index contributed by atoms with van der Waals surface area (Å²) in [5.41, 5.74) is 5.02. The Hall–Kier alpha value is -4.18. The Morgan fingerprint density at radius 3 is 2.64 bits per heavy atom. The van der Waals surface area contributed by atoms with Gasteiger partial charge in [-0.2, -0.15) is 5.10 Å². The predicted octanol–water partition coefficient (Wildman–Crippen LogP) is 4.17. The fraction of sp³-hybridized carbons (Fsp3) is 0.379. The van der Waals surface area contributed by atoms with E-state index in [0.717, 1.165) is 58.9 Å². The third kappa shape index (κ3) is 4.34. The maximum Gasteiger partial charge on any atom is 0.212 e. The highest BCUT2D eigenvalue weighted by molar-refractivity contribution is 6.00. The molecule has 2 bridgehead atoms. The van der Waals surface area contributed by atoms with Crippen LogP contribution in [0.5, 0.6) is 11.6 Å². The fourth-order valence-corrected chi connectivity index (χ4v) is 5.80. The van der Waals surface area contributed by atoms with Crippen LogP contribution in [0, 0.1) is 5.92 Å². The van der Waals surface area contributed by atoms with E-state index in [2.05, 4.69) is 68.2 Å². The second kappa shape index (κ2) is 9.53. The molecule has 0 aromatic carbocycles. The number of hydrogen-bond donors (Lipinski definition) is 1. The van der Waals surface area contributed by atoms with Crippen LogP contribution in [-0.2, 0) is 6.54 Å². The molecule has 0 spiro atoms. The zero-order valence-corrected chi connectivity index (χ0v) is 22.4. The highest BCUT2D eigenvalue weighted by Crippen LogP contribution is 2.37. The van der Waals surface area contributed by atoms with Gasteiger partial charge in [-0.1, -0.05) is 19.9 Å². The minimum Gasteiger partial charge on any atom is -0.492 e. The second-order valence-electron chi connectivity index (χ2n) is 11.0. The Balaban J connectivity index is 1.11. The first-order valence-corrected chi connectivity index (χ1v) is 13.5. The second-order valence-corrected chi connectivity index (χ2v) is 11.0. The van der Waals surface area contributed by atoms with E-state index in [0.29, 0.717) is 30.5 Å². The number of fused-ring (bicyclic) bond motifs is 5. The number of H-pyrrole nitrogens is 1. The minimum absolute atomic E-state index is 0.432. The lowest BCUT2D eigenvalue weighted by atomic mass is 9.87.